The molecule has 0 aliphatic carbocycles. The number of hydrogen-bond donors (Lipinski definition) is 0. The summed E-state index contributed by atoms with van der Waals surface area (Å²) in [6.45, 7) is 5.22. The van der Waals surface area contributed by atoms with Crippen LogP contribution in [0.15, 0.2) is 54.0 Å². The van der Waals surface area contributed by atoms with Gasteiger partial charge in [0.2, 0.25) is 5.51 Å². The summed E-state index contributed by atoms with van der Waals surface area (Å²) in [7, 11) is 0. The van der Waals surface area contributed by atoms with Crippen LogP contribution in [-0.2, 0) is 17.7 Å². The molecule has 0 unspecified atom stereocenters. The number of carbonyl (C=O) groups excluding carboxylic acids is 1. The lowest BCUT2D eigenvalue weighted by molar-refractivity contribution is -0.689. The van der Waals surface area contributed by atoms with E-state index in [0.717, 1.165) is 12.2 Å². The predicted octanol–water partition coefficient (Wildman–Crippen LogP) is 4.01. The number of nitrogens with zero attached hydrogens (tertiary/aromatic N) is 2. The van der Waals surface area contributed by atoms with Crippen LogP contribution in [-0.4, -0.2) is 17.5 Å². The van der Waals surface area contributed by atoms with Gasteiger partial charge in [0.1, 0.15) is 0 Å². The Morgan fingerprint density at radius 2 is 1.79 bits per heavy atom. The van der Waals surface area contributed by atoms with Gasteiger partial charge in [-0.15, -0.1) is 0 Å². The minimum atomic E-state index is -0.499. The molecule has 0 saturated heterocycles. The number of ether oxygens (including phenoxy) is 1. The lowest BCUT2D eigenvalue weighted by atomic mass is 10.1. The molecule has 0 atom stereocenters. The molecule has 0 radical (unpaired) electrons. The fourth-order valence-electron chi connectivity index (χ4n) is 2.78. The molecule has 0 aliphatic rings. The lowest BCUT2D eigenvalue weighted by Gasteiger charge is -2.04. The minimum Gasteiger partial charge on any atom is -0.462 e. The molecule has 2 aromatic carbocycles. The molecule has 0 fully saturated rings. The van der Waals surface area contributed by atoms with E-state index in [1.807, 2.05) is 0 Å². The van der Waals surface area contributed by atoms with Gasteiger partial charge in [-0.05, 0) is 19.1 Å². The molecule has 3 rings (SSSR count). The van der Waals surface area contributed by atoms with Gasteiger partial charge in [-0.2, -0.15) is 4.57 Å². The number of nitro groups is 1. The first-order valence-corrected chi connectivity index (χ1v) is 9.75. The second kappa shape index (κ2) is 8.75. The monoisotopic (exact) mass is 397 g/mol. The molecule has 3 aromatic rings. The normalized spacial score (nSPS) is 10.6. The van der Waals surface area contributed by atoms with Crippen molar-refractivity contribution in [3.05, 3.63) is 91.4 Å². The van der Waals surface area contributed by atoms with Crippen molar-refractivity contribution < 1.29 is 19.0 Å². The number of hydrogen-bond acceptors (Lipinski definition) is 5. The van der Waals surface area contributed by atoms with E-state index >= 15 is 0 Å². The number of benzene rings is 2. The van der Waals surface area contributed by atoms with Crippen LogP contribution >= 0.6 is 11.3 Å². The Bertz CT molecular complexity index is 979. The third-order valence-corrected chi connectivity index (χ3v) is 5.65. The average Bonchev–Trinajstić information content (AvgIpc) is 3.03. The molecule has 6 nitrogen and oxygen atoms in total. The molecule has 0 saturated carbocycles. The summed E-state index contributed by atoms with van der Waals surface area (Å²) in [6.07, 6.45) is 0.635. The number of esters is 1. The molecule has 1 aromatic heterocycles. The Kier molecular flexibility index (Phi) is 6.16. The lowest BCUT2D eigenvalue weighted by Crippen LogP contribution is -2.35. The Balaban J connectivity index is 1.54. The Morgan fingerprint density at radius 3 is 2.43 bits per heavy atom. The van der Waals surface area contributed by atoms with Crippen molar-refractivity contribution in [2.75, 3.05) is 6.61 Å². The molecule has 0 N–H and O–H groups in total. The summed E-state index contributed by atoms with van der Waals surface area (Å²) >= 11 is 1.65. The van der Waals surface area contributed by atoms with E-state index in [0.29, 0.717) is 12.0 Å². The molecular formula is C21H21N2O4S+. The van der Waals surface area contributed by atoms with Crippen molar-refractivity contribution in [2.45, 2.75) is 26.8 Å². The van der Waals surface area contributed by atoms with E-state index in [2.05, 4.69) is 48.2 Å². The molecule has 144 valence electrons. The number of carbonyl (C=O) groups is 1. The third-order valence-electron chi connectivity index (χ3n) is 4.51. The third kappa shape index (κ3) is 4.80. The summed E-state index contributed by atoms with van der Waals surface area (Å²) in [5.41, 5.74) is 5.99. The average molecular weight is 397 g/mol. The van der Waals surface area contributed by atoms with Gasteiger partial charge >= 0.3 is 5.97 Å². The van der Waals surface area contributed by atoms with E-state index in [-0.39, 0.29) is 12.3 Å². The van der Waals surface area contributed by atoms with E-state index in [9.17, 15) is 14.9 Å². The van der Waals surface area contributed by atoms with Gasteiger partial charge in [0.05, 0.1) is 22.0 Å². The Hall–Kier alpha value is -3.06. The highest BCUT2D eigenvalue weighted by Crippen LogP contribution is 2.15. The zero-order valence-electron chi connectivity index (χ0n) is 15.8. The van der Waals surface area contributed by atoms with Gasteiger partial charge in [0.15, 0.2) is 12.2 Å². The molecular weight excluding hydrogens is 376 g/mol. The van der Waals surface area contributed by atoms with Gasteiger partial charge < -0.3 is 4.74 Å². The molecule has 7 heteroatoms. The topological polar surface area (TPSA) is 73.3 Å². The van der Waals surface area contributed by atoms with E-state index in [1.54, 1.807) is 11.3 Å². The zero-order valence-corrected chi connectivity index (χ0v) is 16.6. The molecule has 0 amide bonds. The highest BCUT2D eigenvalue weighted by atomic mass is 32.1. The van der Waals surface area contributed by atoms with Crippen molar-refractivity contribution in [1.82, 2.24) is 0 Å². The van der Waals surface area contributed by atoms with E-state index in [1.165, 1.54) is 40.3 Å². The predicted molar refractivity (Wildman–Crippen MR) is 107 cm³/mol. The van der Waals surface area contributed by atoms with Crippen LogP contribution in [0.4, 0.5) is 5.69 Å². The quantitative estimate of drug-likeness (QED) is 0.261. The standard InChI is InChI=1S/C21H21N2O4S/c1-15-3-5-17(6-4-15)13-22-14-28-20(16(22)2)11-12-27-21(24)18-7-9-19(10-8-18)23(25)26/h3-10,14H,11-13H2,1-2H3/q+1. The van der Waals surface area contributed by atoms with Crippen molar-refractivity contribution in [1.29, 1.82) is 0 Å². The van der Waals surface area contributed by atoms with Crippen LogP contribution in [0.3, 0.4) is 0 Å². The molecule has 1 heterocycles. The first-order valence-electron chi connectivity index (χ1n) is 8.87. The summed E-state index contributed by atoms with van der Waals surface area (Å²) < 4.78 is 7.51. The van der Waals surface area contributed by atoms with Crippen LogP contribution in [0.2, 0.25) is 0 Å². The molecule has 0 aliphatic heterocycles. The van der Waals surface area contributed by atoms with E-state index < -0.39 is 10.9 Å². The highest BCUT2D eigenvalue weighted by Gasteiger charge is 2.17. The van der Waals surface area contributed by atoms with Crippen LogP contribution in [0.25, 0.3) is 0 Å². The maximum Gasteiger partial charge on any atom is 0.338 e. The maximum atomic E-state index is 12.1. The Labute approximate surface area is 167 Å². The van der Waals surface area contributed by atoms with E-state index in [4.69, 9.17) is 4.74 Å². The van der Waals surface area contributed by atoms with Gasteiger partial charge in [-0.25, -0.2) is 4.79 Å². The fraction of sp³-hybridized carbons (Fsp3) is 0.238. The van der Waals surface area contributed by atoms with Crippen molar-refractivity contribution in [2.24, 2.45) is 0 Å². The number of non-ortho nitro benzene ring substituents is 1. The van der Waals surface area contributed by atoms with Gasteiger partial charge in [-0.1, -0.05) is 41.2 Å². The Morgan fingerprint density at radius 1 is 1.11 bits per heavy atom. The SMILES string of the molecule is Cc1ccc(C[n+]2csc(CCOC(=O)c3ccc([N+](=O)[O-])cc3)c2C)cc1. The minimum absolute atomic E-state index is 0.0520. The smallest absolute Gasteiger partial charge is 0.338 e. The fourth-order valence-corrected chi connectivity index (χ4v) is 3.75. The first kappa shape index (κ1) is 19.7. The van der Waals surface area contributed by atoms with Gasteiger partial charge in [0, 0.05) is 31.0 Å². The van der Waals surface area contributed by atoms with Crippen LogP contribution in [0.5, 0.6) is 0 Å². The maximum absolute atomic E-state index is 12.1. The summed E-state index contributed by atoms with van der Waals surface area (Å²) in [4.78, 5) is 23.4. The van der Waals surface area contributed by atoms with Crippen molar-refractivity contribution >= 4 is 23.0 Å². The second-order valence-corrected chi connectivity index (χ2v) is 7.47. The second-order valence-electron chi connectivity index (χ2n) is 6.54. The number of aryl methyl sites for hydroxylation is 1. The molecule has 0 spiro atoms. The van der Waals surface area contributed by atoms with Crippen LogP contribution < -0.4 is 4.57 Å². The number of nitro benzene ring substituents is 1. The zero-order chi connectivity index (χ0) is 20.1. The summed E-state index contributed by atoms with van der Waals surface area (Å²) in [6, 6.07) is 13.9. The largest absolute Gasteiger partial charge is 0.462 e. The highest BCUT2D eigenvalue weighted by molar-refractivity contribution is 7.09. The van der Waals surface area contributed by atoms with Crippen molar-refractivity contribution in [3.63, 3.8) is 0 Å². The molecule has 28 heavy (non-hydrogen) atoms. The number of thiazole rings is 1. The molecule has 0 bridgehead atoms. The van der Waals surface area contributed by atoms with Gasteiger partial charge in [0.25, 0.3) is 5.69 Å². The first-order chi connectivity index (χ1) is 13.4. The number of aromatic nitrogens is 1. The van der Waals surface area contributed by atoms with Crippen molar-refractivity contribution in [3.8, 4) is 0 Å². The van der Waals surface area contributed by atoms with Crippen LogP contribution in [0.1, 0.15) is 32.1 Å². The summed E-state index contributed by atoms with van der Waals surface area (Å²) in [5.74, 6) is -0.475. The summed E-state index contributed by atoms with van der Waals surface area (Å²) in [5, 5.41) is 10.7. The number of rotatable bonds is 7. The van der Waals surface area contributed by atoms with Crippen LogP contribution in [0, 0.1) is 24.0 Å². The van der Waals surface area contributed by atoms with Gasteiger partial charge in [-0.3, -0.25) is 10.1 Å².